The molecule has 9 nitrogen and oxygen atoms in total. The summed E-state index contributed by atoms with van der Waals surface area (Å²) in [5, 5.41) is 24.8. The number of hydrogen-bond acceptors (Lipinski definition) is 4. The van der Waals surface area contributed by atoms with Gasteiger partial charge in [-0.3, -0.25) is 0 Å². The van der Waals surface area contributed by atoms with Crippen molar-refractivity contribution in [2.75, 3.05) is 9.80 Å². The van der Waals surface area contributed by atoms with E-state index in [9.17, 15) is 0 Å². The molecule has 101 heavy (non-hydrogen) atoms. The third-order valence-corrected chi connectivity index (χ3v) is 22.8. The number of furan rings is 2. The maximum absolute atomic E-state index is 7.84. The Morgan fingerprint density at radius 3 is 0.782 bits per heavy atom. The predicted octanol–water partition coefficient (Wildman–Crippen LogP) is 25.3. The number of aromatic amines is 1. The average Bonchev–Trinajstić information content (AvgIpc) is 1.52. The number of nitrogens with one attached hydrogen (secondary N) is 1. The van der Waals surface area contributed by atoms with E-state index in [1.807, 2.05) is 0 Å². The van der Waals surface area contributed by atoms with E-state index in [4.69, 9.17) is 8.83 Å². The SMILES string of the molecule is Cn1c2ccccc2c2cc(N(c3ccc4c(c3)c3ccccc3n4C)c3cc4oc5c(c6ccccc6c6[nH]c7c8ccccc8c8c(oc9cc(N(c%10ccc%11c(c%10)c%10ccccc%10n%11C)c%10ccc%11c(c%10)c%10ccccc%10n%11C)c%10ccccc%10c98)c7c65)c4c4ccccc34)ccc21. The normalized spacial score (nSPS) is 12.6. The van der Waals surface area contributed by atoms with Gasteiger partial charge < -0.3 is 41.9 Å². The highest BCUT2D eigenvalue weighted by molar-refractivity contribution is 6.44. The summed E-state index contributed by atoms with van der Waals surface area (Å²) in [6.45, 7) is 0. The largest absolute Gasteiger partial charge is 0.455 e. The molecule has 23 aromatic rings. The average molecular weight is 1290 g/mol. The smallest absolute Gasteiger partial charge is 0.146 e. The molecule has 7 heterocycles. The molecule has 9 heteroatoms. The van der Waals surface area contributed by atoms with Gasteiger partial charge in [-0.1, -0.05) is 170 Å². The van der Waals surface area contributed by atoms with Gasteiger partial charge in [0.15, 0.2) is 0 Å². The van der Waals surface area contributed by atoms with Gasteiger partial charge in [-0.2, -0.15) is 0 Å². The van der Waals surface area contributed by atoms with Crippen LogP contribution in [0.2, 0.25) is 0 Å². The Morgan fingerprint density at radius 1 is 0.228 bits per heavy atom. The molecular formula is C92H59N7O2. The van der Waals surface area contributed by atoms with Crippen LogP contribution in [0.25, 0.3) is 196 Å². The third-order valence-electron chi connectivity index (χ3n) is 22.8. The number of aryl methyl sites for hydroxylation is 4. The van der Waals surface area contributed by atoms with E-state index < -0.39 is 0 Å². The van der Waals surface area contributed by atoms with E-state index in [0.29, 0.717) is 0 Å². The van der Waals surface area contributed by atoms with Crippen LogP contribution in [0, 0.1) is 0 Å². The molecule has 474 valence electrons. The summed E-state index contributed by atoms with van der Waals surface area (Å²) in [5.74, 6) is 0. The number of rotatable bonds is 6. The minimum atomic E-state index is 0.795. The van der Waals surface area contributed by atoms with E-state index in [-0.39, 0.29) is 0 Å². The molecule has 0 unspecified atom stereocenters. The number of fused-ring (bicyclic) bond motifs is 33. The first-order chi connectivity index (χ1) is 49.8. The van der Waals surface area contributed by atoms with Gasteiger partial charge in [-0.25, -0.2) is 0 Å². The number of anilines is 6. The Morgan fingerprint density at radius 2 is 0.475 bits per heavy atom. The van der Waals surface area contributed by atoms with Crippen LogP contribution in [0.4, 0.5) is 34.1 Å². The molecule has 0 saturated heterocycles. The molecule has 0 bridgehead atoms. The number of para-hydroxylation sites is 4. The summed E-state index contributed by atoms with van der Waals surface area (Å²) in [6.07, 6.45) is 0. The lowest BCUT2D eigenvalue weighted by Gasteiger charge is -2.27. The minimum Gasteiger partial charge on any atom is -0.455 e. The van der Waals surface area contributed by atoms with Crippen LogP contribution in [0.3, 0.4) is 0 Å². The van der Waals surface area contributed by atoms with Crippen LogP contribution in [0.5, 0.6) is 0 Å². The summed E-state index contributed by atoms with van der Waals surface area (Å²) in [5.41, 5.74) is 20.9. The Kier molecular flexibility index (Phi) is 10.7. The highest BCUT2D eigenvalue weighted by Crippen LogP contribution is 2.55. The van der Waals surface area contributed by atoms with Crippen molar-refractivity contribution < 1.29 is 8.83 Å². The molecule has 0 radical (unpaired) electrons. The summed E-state index contributed by atoms with van der Waals surface area (Å²) in [6, 6.07) is 103. The number of nitrogens with zero attached hydrogens (tertiary/aromatic N) is 6. The molecule has 0 fully saturated rings. The summed E-state index contributed by atoms with van der Waals surface area (Å²) in [7, 11) is 8.69. The van der Waals surface area contributed by atoms with Crippen molar-refractivity contribution in [2.45, 2.75) is 0 Å². The monoisotopic (exact) mass is 1290 g/mol. The van der Waals surface area contributed by atoms with Crippen molar-refractivity contribution in [3.63, 3.8) is 0 Å². The molecule has 1 N–H and O–H groups in total. The van der Waals surface area contributed by atoms with Crippen LogP contribution in [0.15, 0.2) is 288 Å². The second kappa shape index (κ2) is 19.7. The second-order valence-electron chi connectivity index (χ2n) is 27.7. The van der Waals surface area contributed by atoms with Crippen LogP contribution in [0.1, 0.15) is 0 Å². The number of hydrogen-bond donors (Lipinski definition) is 1. The standard InChI is InChI=1S/C92H59N7O2/c1-94-71-33-17-13-23-57(71)67-45-51(37-41-75(67)94)98(52-38-42-76-68(46-52)58-24-14-18-34-72(58)95(76)2)79-49-81-83(61-27-7-5-21-55(61)79)85-63-29-9-11-31-65(63)89-87(91(85)100-81)88-90(93-89)66-32-12-10-30-64(66)86-84-62-28-8-6-22-56(62)80(50-82(84)101-92(86)88)99(53-39-43-77-69(47-53)59-25-15-19-35-73(59)96(77)3)54-40-44-78-70(48-54)60-26-16-20-36-74(60)97(78)4/h5-50,93H,1-4H3. The van der Waals surface area contributed by atoms with Gasteiger partial charge >= 0.3 is 0 Å². The van der Waals surface area contributed by atoms with Crippen molar-refractivity contribution >= 4 is 230 Å². The molecule has 0 amide bonds. The van der Waals surface area contributed by atoms with Crippen LogP contribution >= 0.6 is 0 Å². The second-order valence-corrected chi connectivity index (χ2v) is 27.7. The minimum absolute atomic E-state index is 0.795. The lowest BCUT2D eigenvalue weighted by Crippen LogP contribution is -2.10. The summed E-state index contributed by atoms with van der Waals surface area (Å²) >= 11 is 0. The third kappa shape index (κ3) is 7.17. The van der Waals surface area contributed by atoms with Crippen molar-refractivity contribution in [2.24, 2.45) is 28.2 Å². The van der Waals surface area contributed by atoms with Crippen LogP contribution in [-0.4, -0.2) is 23.3 Å². The van der Waals surface area contributed by atoms with E-state index in [0.717, 1.165) is 143 Å². The molecule has 0 aliphatic rings. The van der Waals surface area contributed by atoms with Gasteiger partial charge in [0.25, 0.3) is 0 Å². The van der Waals surface area contributed by atoms with E-state index in [1.165, 1.54) is 87.2 Å². The fraction of sp³-hybridized carbons (Fsp3) is 0.0435. The molecule has 0 aliphatic carbocycles. The molecule has 0 aliphatic heterocycles. The van der Waals surface area contributed by atoms with Gasteiger partial charge in [0.05, 0.1) is 33.2 Å². The lowest BCUT2D eigenvalue weighted by atomic mass is 9.94. The topological polar surface area (TPSA) is 68.3 Å². The molecule has 0 atom stereocenters. The first-order valence-electron chi connectivity index (χ1n) is 34.7. The van der Waals surface area contributed by atoms with Gasteiger partial charge in [-0.05, 0) is 119 Å². The summed E-state index contributed by atoms with van der Waals surface area (Å²) < 4.78 is 24.9. The Balaban J connectivity index is 0.818. The van der Waals surface area contributed by atoms with Crippen molar-refractivity contribution in [3.8, 4) is 0 Å². The zero-order valence-electron chi connectivity index (χ0n) is 55.6. The number of aromatic nitrogens is 5. The van der Waals surface area contributed by atoms with Crippen LogP contribution < -0.4 is 9.80 Å². The highest BCUT2D eigenvalue weighted by Gasteiger charge is 2.30. The molecular weight excluding hydrogens is 1240 g/mol. The quantitative estimate of drug-likeness (QED) is 0.180. The van der Waals surface area contributed by atoms with E-state index in [2.05, 4.69) is 340 Å². The van der Waals surface area contributed by atoms with E-state index >= 15 is 0 Å². The zero-order chi connectivity index (χ0) is 66.4. The molecule has 23 rings (SSSR count). The van der Waals surface area contributed by atoms with Gasteiger partial charge in [0, 0.05) is 193 Å². The Hall–Kier alpha value is -13.2. The van der Waals surface area contributed by atoms with Crippen molar-refractivity contribution in [1.82, 2.24) is 23.3 Å². The Bertz CT molecular complexity index is 6980. The molecule has 0 spiro atoms. The van der Waals surface area contributed by atoms with Gasteiger partial charge in [-0.15, -0.1) is 0 Å². The first kappa shape index (κ1) is 54.8. The first-order valence-corrected chi connectivity index (χ1v) is 34.7. The van der Waals surface area contributed by atoms with Crippen molar-refractivity contribution in [3.05, 3.63) is 279 Å². The molecule has 0 saturated carbocycles. The maximum atomic E-state index is 7.84. The van der Waals surface area contributed by atoms with E-state index in [1.54, 1.807) is 0 Å². The molecule has 16 aromatic carbocycles. The highest BCUT2D eigenvalue weighted by atomic mass is 16.3. The van der Waals surface area contributed by atoms with Gasteiger partial charge in [0.1, 0.15) is 22.3 Å². The predicted molar refractivity (Wildman–Crippen MR) is 426 cm³/mol. The van der Waals surface area contributed by atoms with Gasteiger partial charge in [0.2, 0.25) is 0 Å². The maximum Gasteiger partial charge on any atom is 0.146 e. The number of benzene rings is 16. The van der Waals surface area contributed by atoms with Crippen molar-refractivity contribution in [1.29, 1.82) is 0 Å². The fourth-order valence-electron chi connectivity index (χ4n) is 18.4. The lowest BCUT2D eigenvalue weighted by molar-refractivity contribution is 0.670. The number of H-pyrrole nitrogens is 1. The fourth-order valence-corrected chi connectivity index (χ4v) is 18.4. The molecule has 7 aromatic heterocycles. The zero-order valence-corrected chi connectivity index (χ0v) is 55.6. The summed E-state index contributed by atoms with van der Waals surface area (Å²) in [4.78, 5) is 9.05. The Labute approximate surface area is 575 Å². The van der Waals surface area contributed by atoms with Crippen LogP contribution in [-0.2, 0) is 28.2 Å².